The Bertz CT molecular complexity index is 825. The van der Waals surface area contributed by atoms with Gasteiger partial charge in [-0.1, -0.05) is 11.6 Å². The smallest absolute Gasteiger partial charge is 0.240 e. The maximum Gasteiger partial charge on any atom is 0.240 e. The Hall–Kier alpha value is -2.47. The molecule has 1 fully saturated rings. The van der Waals surface area contributed by atoms with E-state index in [9.17, 15) is 14.0 Å². The molecule has 0 radical (unpaired) electrons. The highest BCUT2D eigenvalue weighted by molar-refractivity contribution is 6.31. The van der Waals surface area contributed by atoms with E-state index < -0.39 is 11.2 Å². The van der Waals surface area contributed by atoms with E-state index in [0.717, 1.165) is 5.56 Å². The van der Waals surface area contributed by atoms with Crippen molar-refractivity contribution in [2.45, 2.75) is 19.3 Å². The average molecular weight is 376 g/mol. The summed E-state index contributed by atoms with van der Waals surface area (Å²) < 4.78 is 13.2. The second kappa shape index (κ2) is 7.41. The normalized spacial score (nSPS) is 14.6. The third-order valence-corrected chi connectivity index (χ3v) is 4.89. The molecule has 1 saturated carbocycles. The molecule has 5 nitrogen and oxygen atoms in total. The standard InChI is InChI=1S/C19H19ClFN3O2/c1-24(11-6-13-4-9-22-10-5-13)18(26)19(7-8-19)17(25)23-14-2-3-16(21)15(20)12-14/h2-5,9-10,12H,6-8,11H2,1H3,(H,23,25). The van der Waals surface area contributed by atoms with E-state index in [4.69, 9.17) is 11.6 Å². The topological polar surface area (TPSA) is 62.3 Å². The van der Waals surface area contributed by atoms with Gasteiger partial charge in [0, 0.05) is 31.7 Å². The third kappa shape index (κ3) is 3.85. The van der Waals surface area contributed by atoms with Gasteiger partial charge >= 0.3 is 0 Å². The Morgan fingerprint density at radius 3 is 2.58 bits per heavy atom. The summed E-state index contributed by atoms with van der Waals surface area (Å²) in [5.74, 6) is -1.13. The van der Waals surface area contributed by atoms with E-state index in [-0.39, 0.29) is 16.8 Å². The number of hydrogen-bond donors (Lipinski definition) is 1. The van der Waals surface area contributed by atoms with Crippen LogP contribution in [0.25, 0.3) is 0 Å². The fraction of sp³-hybridized carbons (Fsp3) is 0.316. The number of nitrogens with zero attached hydrogens (tertiary/aromatic N) is 2. The van der Waals surface area contributed by atoms with Gasteiger partial charge in [-0.05, 0) is 55.2 Å². The van der Waals surface area contributed by atoms with Crippen molar-refractivity contribution in [3.63, 3.8) is 0 Å². The molecule has 0 bridgehead atoms. The first-order valence-corrected chi connectivity index (χ1v) is 8.71. The van der Waals surface area contributed by atoms with Crippen molar-refractivity contribution in [2.75, 3.05) is 18.9 Å². The van der Waals surface area contributed by atoms with Crippen molar-refractivity contribution in [1.82, 2.24) is 9.88 Å². The molecule has 136 valence electrons. The predicted octanol–water partition coefficient (Wildman–Crippen LogP) is 3.29. The van der Waals surface area contributed by atoms with Crippen molar-refractivity contribution in [2.24, 2.45) is 5.41 Å². The van der Waals surface area contributed by atoms with Crippen LogP contribution in [0, 0.1) is 11.2 Å². The van der Waals surface area contributed by atoms with Crippen molar-refractivity contribution >= 4 is 29.1 Å². The van der Waals surface area contributed by atoms with Gasteiger partial charge in [-0.2, -0.15) is 0 Å². The monoisotopic (exact) mass is 375 g/mol. The molecule has 2 amide bonds. The highest BCUT2D eigenvalue weighted by Gasteiger charge is 2.57. The molecule has 7 heteroatoms. The Morgan fingerprint density at radius 1 is 1.27 bits per heavy atom. The van der Waals surface area contributed by atoms with Gasteiger partial charge in [0.15, 0.2) is 0 Å². The van der Waals surface area contributed by atoms with Crippen molar-refractivity contribution < 1.29 is 14.0 Å². The van der Waals surface area contributed by atoms with Crippen LogP contribution in [-0.4, -0.2) is 35.3 Å². The molecule has 1 N–H and O–H groups in total. The van der Waals surface area contributed by atoms with Crippen LogP contribution in [0.1, 0.15) is 18.4 Å². The summed E-state index contributed by atoms with van der Waals surface area (Å²) >= 11 is 5.73. The number of carbonyl (C=O) groups is 2. The Kier molecular flexibility index (Phi) is 5.23. The quantitative estimate of drug-likeness (QED) is 0.788. The van der Waals surface area contributed by atoms with E-state index in [0.29, 0.717) is 31.5 Å². The van der Waals surface area contributed by atoms with Crippen LogP contribution in [-0.2, 0) is 16.0 Å². The number of benzene rings is 1. The zero-order valence-electron chi connectivity index (χ0n) is 14.3. The minimum absolute atomic E-state index is 0.0755. The Morgan fingerprint density at radius 2 is 1.96 bits per heavy atom. The summed E-state index contributed by atoms with van der Waals surface area (Å²) in [7, 11) is 1.70. The second-order valence-corrected chi connectivity index (χ2v) is 6.90. The number of aromatic nitrogens is 1. The lowest BCUT2D eigenvalue weighted by molar-refractivity contribution is -0.141. The van der Waals surface area contributed by atoms with Gasteiger partial charge < -0.3 is 10.2 Å². The predicted molar refractivity (Wildman–Crippen MR) is 97.3 cm³/mol. The van der Waals surface area contributed by atoms with Gasteiger partial charge in [0.2, 0.25) is 11.8 Å². The van der Waals surface area contributed by atoms with E-state index in [1.54, 1.807) is 24.3 Å². The molecule has 1 aliphatic carbocycles. The van der Waals surface area contributed by atoms with Crippen molar-refractivity contribution in [3.05, 3.63) is 59.1 Å². The molecule has 1 aliphatic rings. The molecular weight excluding hydrogens is 357 g/mol. The molecule has 1 heterocycles. The zero-order valence-corrected chi connectivity index (χ0v) is 15.1. The first-order chi connectivity index (χ1) is 12.4. The fourth-order valence-corrected chi connectivity index (χ4v) is 2.98. The van der Waals surface area contributed by atoms with Crippen LogP contribution in [0.4, 0.5) is 10.1 Å². The minimum Gasteiger partial charge on any atom is -0.344 e. The third-order valence-electron chi connectivity index (χ3n) is 4.60. The zero-order chi connectivity index (χ0) is 18.7. The van der Waals surface area contributed by atoms with E-state index in [1.165, 1.54) is 18.2 Å². The van der Waals surface area contributed by atoms with E-state index >= 15 is 0 Å². The van der Waals surface area contributed by atoms with E-state index in [2.05, 4.69) is 10.3 Å². The number of pyridine rings is 1. The van der Waals surface area contributed by atoms with Gasteiger partial charge in [-0.3, -0.25) is 14.6 Å². The number of likely N-dealkylation sites (N-methyl/N-ethyl adjacent to an activating group) is 1. The molecule has 0 spiro atoms. The van der Waals surface area contributed by atoms with Crippen LogP contribution in [0.3, 0.4) is 0 Å². The highest BCUT2D eigenvalue weighted by atomic mass is 35.5. The molecule has 26 heavy (non-hydrogen) atoms. The minimum atomic E-state index is -1.03. The van der Waals surface area contributed by atoms with Gasteiger partial charge in [-0.25, -0.2) is 4.39 Å². The lowest BCUT2D eigenvalue weighted by Crippen LogP contribution is -2.41. The molecular formula is C19H19ClFN3O2. The Balaban J connectivity index is 1.62. The van der Waals surface area contributed by atoms with Crippen molar-refractivity contribution in [1.29, 1.82) is 0 Å². The molecule has 0 atom stereocenters. The number of hydrogen-bond acceptors (Lipinski definition) is 3. The van der Waals surface area contributed by atoms with Crippen LogP contribution in [0.5, 0.6) is 0 Å². The molecule has 0 unspecified atom stereocenters. The number of halogens is 2. The summed E-state index contributed by atoms with van der Waals surface area (Å²) in [5.41, 5.74) is 0.420. The van der Waals surface area contributed by atoms with Gasteiger partial charge in [0.25, 0.3) is 0 Å². The second-order valence-electron chi connectivity index (χ2n) is 6.50. The maximum absolute atomic E-state index is 13.2. The summed E-state index contributed by atoms with van der Waals surface area (Å²) in [6.07, 6.45) is 5.12. The lowest BCUT2D eigenvalue weighted by Gasteiger charge is -2.23. The summed E-state index contributed by atoms with van der Waals surface area (Å²) in [6, 6.07) is 7.74. The first kappa shape index (κ1) is 18.3. The van der Waals surface area contributed by atoms with Crippen LogP contribution >= 0.6 is 11.6 Å². The largest absolute Gasteiger partial charge is 0.344 e. The summed E-state index contributed by atoms with van der Waals surface area (Å²) in [6.45, 7) is 0.514. The van der Waals surface area contributed by atoms with Crippen LogP contribution in [0.2, 0.25) is 5.02 Å². The summed E-state index contributed by atoms with van der Waals surface area (Å²) in [5, 5.41) is 2.60. The number of rotatable bonds is 6. The molecule has 0 aliphatic heterocycles. The molecule has 0 saturated heterocycles. The maximum atomic E-state index is 13.2. The fourth-order valence-electron chi connectivity index (χ4n) is 2.80. The lowest BCUT2D eigenvalue weighted by atomic mass is 10.0. The van der Waals surface area contributed by atoms with Crippen LogP contribution < -0.4 is 5.32 Å². The van der Waals surface area contributed by atoms with Gasteiger partial charge in [0.1, 0.15) is 11.2 Å². The molecule has 1 aromatic heterocycles. The highest BCUT2D eigenvalue weighted by Crippen LogP contribution is 2.48. The van der Waals surface area contributed by atoms with Crippen LogP contribution in [0.15, 0.2) is 42.7 Å². The van der Waals surface area contributed by atoms with Gasteiger partial charge in [0.05, 0.1) is 5.02 Å². The Labute approximate surface area is 156 Å². The number of anilines is 1. The number of nitrogens with one attached hydrogen (secondary N) is 1. The van der Waals surface area contributed by atoms with Gasteiger partial charge in [-0.15, -0.1) is 0 Å². The first-order valence-electron chi connectivity index (χ1n) is 8.33. The number of carbonyl (C=O) groups excluding carboxylic acids is 2. The van der Waals surface area contributed by atoms with E-state index in [1.807, 2.05) is 12.1 Å². The molecule has 1 aromatic carbocycles. The SMILES string of the molecule is CN(CCc1ccncc1)C(=O)C1(C(=O)Nc2ccc(F)c(Cl)c2)CC1. The molecule has 2 aromatic rings. The molecule has 3 rings (SSSR count). The van der Waals surface area contributed by atoms with Crippen molar-refractivity contribution in [3.8, 4) is 0 Å². The summed E-state index contributed by atoms with van der Waals surface area (Å²) in [4.78, 5) is 30.9. The average Bonchev–Trinajstić information content (AvgIpc) is 3.45. The number of amides is 2.